The second-order valence-corrected chi connectivity index (χ2v) is 7.99. The Kier molecular flexibility index (Phi) is 8.13. The number of hydrogen-bond donors (Lipinski definition) is 3. The minimum absolute atomic E-state index is 0.382. The van der Waals surface area contributed by atoms with Crippen LogP contribution in [0.4, 0.5) is 5.69 Å². The zero-order valence-corrected chi connectivity index (χ0v) is 16.7. The lowest BCUT2D eigenvalue weighted by Crippen LogP contribution is -2.37. The third-order valence-electron chi connectivity index (χ3n) is 3.84. The molecule has 2 aromatic carbocycles. The van der Waals surface area contributed by atoms with Crippen molar-refractivity contribution in [3.8, 4) is 0 Å². The summed E-state index contributed by atoms with van der Waals surface area (Å²) in [7, 11) is -3.32. The molecule has 0 aromatic heterocycles. The van der Waals surface area contributed by atoms with E-state index in [2.05, 4.69) is 44.6 Å². The van der Waals surface area contributed by atoms with Crippen molar-refractivity contribution in [1.29, 1.82) is 0 Å². The molecule has 3 N–H and O–H groups in total. The zero-order chi connectivity index (χ0) is 19.5. The fraction of sp³-hybridized carbons (Fsp3) is 0.350. The molecule has 0 aliphatic heterocycles. The smallest absolute Gasteiger partial charge is 0.229 e. The average Bonchev–Trinajstić information content (AvgIpc) is 2.64. The standard InChI is InChI=1S/C20H28N4O2S/c1-3-21-20(22-15-9-12-17-10-5-4-6-11-17)23-16-18-13-7-8-14-19(18)24-27(2,25)26/h4-8,10-11,13-14,24H,3,9,12,15-16H2,1-2H3,(H2,21,22,23). The van der Waals surface area contributed by atoms with Crippen molar-refractivity contribution < 1.29 is 8.42 Å². The maximum absolute atomic E-state index is 11.5. The first-order valence-electron chi connectivity index (χ1n) is 9.09. The molecule has 0 atom stereocenters. The van der Waals surface area contributed by atoms with Gasteiger partial charge in [0.15, 0.2) is 5.96 Å². The summed E-state index contributed by atoms with van der Waals surface area (Å²) in [6.45, 7) is 3.96. The summed E-state index contributed by atoms with van der Waals surface area (Å²) in [4.78, 5) is 4.58. The Morgan fingerprint density at radius 1 is 1.00 bits per heavy atom. The number of hydrogen-bond acceptors (Lipinski definition) is 3. The maximum Gasteiger partial charge on any atom is 0.229 e. The van der Waals surface area contributed by atoms with Crippen molar-refractivity contribution in [3.63, 3.8) is 0 Å². The number of benzene rings is 2. The predicted molar refractivity (Wildman–Crippen MR) is 112 cm³/mol. The van der Waals surface area contributed by atoms with Crippen LogP contribution in [0.15, 0.2) is 59.6 Å². The Morgan fingerprint density at radius 2 is 1.70 bits per heavy atom. The van der Waals surface area contributed by atoms with Crippen molar-refractivity contribution >= 4 is 21.7 Å². The highest BCUT2D eigenvalue weighted by atomic mass is 32.2. The molecular weight excluding hydrogens is 360 g/mol. The van der Waals surface area contributed by atoms with E-state index in [9.17, 15) is 8.42 Å². The van der Waals surface area contributed by atoms with E-state index >= 15 is 0 Å². The van der Waals surface area contributed by atoms with E-state index in [4.69, 9.17) is 0 Å². The topological polar surface area (TPSA) is 82.6 Å². The third kappa shape index (κ3) is 8.13. The number of aliphatic imine (C=N–C) groups is 1. The Labute approximate surface area is 162 Å². The predicted octanol–water partition coefficient (Wildman–Crippen LogP) is 2.75. The van der Waals surface area contributed by atoms with E-state index in [1.165, 1.54) is 5.56 Å². The summed E-state index contributed by atoms with van der Waals surface area (Å²) in [6, 6.07) is 17.7. The normalized spacial score (nSPS) is 11.9. The van der Waals surface area contributed by atoms with Crippen LogP contribution in [-0.2, 0) is 23.0 Å². The first kappa shape index (κ1) is 20.8. The number of sulfonamides is 1. The molecule has 0 aliphatic rings. The second-order valence-electron chi connectivity index (χ2n) is 6.24. The SMILES string of the molecule is CCNC(=NCc1ccccc1NS(C)(=O)=O)NCCCc1ccccc1. The van der Waals surface area contributed by atoms with Gasteiger partial charge in [-0.15, -0.1) is 0 Å². The lowest BCUT2D eigenvalue weighted by atomic mass is 10.1. The van der Waals surface area contributed by atoms with Gasteiger partial charge < -0.3 is 10.6 Å². The van der Waals surface area contributed by atoms with Gasteiger partial charge in [0.2, 0.25) is 10.0 Å². The Balaban J connectivity index is 1.93. The summed E-state index contributed by atoms with van der Waals surface area (Å²) in [5.41, 5.74) is 2.70. The lowest BCUT2D eigenvalue weighted by Gasteiger charge is -2.13. The third-order valence-corrected chi connectivity index (χ3v) is 4.43. The van der Waals surface area contributed by atoms with Crippen LogP contribution in [0.2, 0.25) is 0 Å². The van der Waals surface area contributed by atoms with Crippen LogP contribution in [0.5, 0.6) is 0 Å². The number of aryl methyl sites for hydroxylation is 1. The van der Waals surface area contributed by atoms with Gasteiger partial charge in [0, 0.05) is 13.1 Å². The van der Waals surface area contributed by atoms with Crippen molar-refractivity contribution in [2.75, 3.05) is 24.1 Å². The molecule has 2 aromatic rings. The zero-order valence-electron chi connectivity index (χ0n) is 15.9. The molecule has 0 fully saturated rings. The first-order chi connectivity index (χ1) is 13.0. The van der Waals surface area contributed by atoms with Gasteiger partial charge in [-0.3, -0.25) is 4.72 Å². The molecule has 27 heavy (non-hydrogen) atoms. The Morgan fingerprint density at radius 3 is 2.41 bits per heavy atom. The molecule has 0 spiro atoms. The van der Waals surface area contributed by atoms with E-state index in [-0.39, 0.29) is 0 Å². The number of para-hydroxylation sites is 1. The van der Waals surface area contributed by atoms with Crippen LogP contribution in [0.3, 0.4) is 0 Å². The van der Waals surface area contributed by atoms with Gasteiger partial charge in [0.25, 0.3) is 0 Å². The van der Waals surface area contributed by atoms with Crippen molar-refractivity contribution in [1.82, 2.24) is 10.6 Å². The van der Waals surface area contributed by atoms with E-state index < -0.39 is 10.0 Å². The Bertz CT molecular complexity index is 836. The molecule has 6 nitrogen and oxygen atoms in total. The molecule has 0 saturated heterocycles. The lowest BCUT2D eigenvalue weighted by molar-refractivity contribution is 0.606. The van der Waals surface area contributed by atoms with Crippen LogP contribution in [0, 0.1) is 0 Å². The highest BCUT2D eigenvalue weighted by Gasteiger charge is 2.07. The molecule has 2 rings (SSSR count). The summed E-state index contributed by atoms with van der Waals surface area (Å²) in [5.74, 6) is 0.722. The number of nitrogens with zero attached hydrogens (tertiary/aromatic N) is 1. The van der Waals surface area contributed by atoms with E-state index in [1.54, 1.807) is 12.1 Å². The summed E-state index contributed by atoms with van der Waals surface area (Å²) in [6.07, 6.45) is 3.15. The molecule has 0 amide bonds. The van der Waals surface area contributed by atoms with Crippen molar-refractivity contribution in [3.05, 3.63) is 65.7 Å². The minimum atomic E-state index is -3.32. The quantitative estimate of drug-likeness (QED) is 0.350. The van der Waals surface area contributed by atoms with Gasteiger partial charge >= 0.3 is 0 Å². The van der Waals surface area contributed by atoms with Crippen LogP contribution < -0.4 is 15.4 Å². The Hall–Kier alpha value is -2.54. The average molecular weight is 389 g/mol. The molecular formula is C20H28N4O2S. The molecule has 0 radical (unpaired) electrons. The number of guanidine groups is 1. The fourth-order valence-corrected chi connectivity index (χ4v) is 3.21. The summed E-state index contributed by atoms with van der Waals surface area (Å²) in [5, 5.41) is 6.55. The molecule has 0 heterocycles. The summed E-state index contributed by atoms with van der Waals surface area (Å²) >= 11 is 0. The largest absolute Gasteiger partial charge is 0.357 e. The van der Waals surface area contributed by atoms with Crippen molar-refractivity contribution in [2.45, 2.75) is 26.3 Å². The number of rotatable bonds is 9. The number of nitrogens with one attached hydrogen (secondary N) is 3. The number of anilines is 1. The van der Waals surface area contributed by atoms with Gasteiger partial charge in [0.1, 0.15) is 0 Å². The molecule has 0 aliphatic carbocycles. The van der Waals surface area contributed by atoms with E-state index in [0.29, 0.717) is 12.2 Å². The van der Waals surface area contributed by atoms with Gasteiger partial charge in [-0.05, 0) is 37.0 Å². The monoisotopic (exact) mass is 388 g/mol. The second kappa shape index (κ2) is 10.6. The van der Waals surface area contributed by atoms with Gasteiger partial charge in [-0.2, -0.15) is 0 Å². The van der Waals surface area contributed by atoms with Crippen molar-refractivity contribution in [2.24, 2.45) is 4.99 Å². The van der Waals surface area contributed by atoms with Crippen LogP contribution in [0.25, 0.3) is 0 Å². The molecule has 0 saturated carbocycles. The summed E-state index contributed by atoms with van der Waals surface area (Å²) < 4.78 is 25.6. The molecule has 146 valence electrons. The molecule has 0 bridgehead atoms. The molecule has 0 unspecified atom stereocenters. The van der Waals surface area contributed by atoms with Gasteiger partial charge in [-0.25, -0.2) is 13.4 Å². The van der Waals surface area contributed by atoms with Crippen LogP contribution in [-0.4, -0.2) is 33.7 Å². The van der Waals surface area contributed by atoms with E-state index in [1.807, 2.05) is 25.1 Å². The highest BCUT2D eigenvalue weighted by molar-refractivity contribution is 7.92. The van der Waals surface area contributed by atoms with Gasteiger partial charge in [0.05, 0.1) is 18.5 Å². The maximum atomic E-state index is 11.5. The van der Waals surface area contributed by atoms with E-state index in [0.717, 1.165) is 43.7 Å². The van der Waals surface area contributed by atoms with Crippen LogP contribution in [0.1, 0.15) is 24.5 Å². The van der Waals surface area contributed by atoms with Crippen LogP contribution >= 0.6 is 0 Å². The molecule has 7 heteroatoms. The van der Waals surface area contributed by atoms with Gasteiger partial charge in [-0.1, -0.05) is 48.5 Å². The first-order valence-corrected chi connectivity index (χ1v) is 11.0. The fourth-order valence-electron chi connectivity index (χ4n) is 2.61. The highest BCUT2D eigenvalue weighted by Crippen LogP contribution is 2.17. The minimum Gasteiger partial charge on any atom is -0.357 e.